The van der Waals surface area contributed by atoms with E-state index in [1.54, 1.807) is 32.9 Å². The third-order valence-electron chi connectivity index (χ3n) is 5.15. The van der Waals surface area contributed by atoms with Crippen LogP contribution in [0.25, 0.3) is 0 Å². The van der Waals surface area contributed by atoms with Gasteiger partial charge in [-0.3, -0.25) is 9.59 Å². The molecule has 0 saturated carbocycles. The van der Waals surface area contributed by atoms with Crippen LogP contribution in [0.2, 0.25) is 0 Å². The number of hydrogen-bond acceptors (Lipinski definition) is 6. The number of benzene rings is 2. The number of carbonyl (C=O) groups excluding carboxylic acids is 3. The van der Waals surface area contributed by atoms with Crippen LogP contribution in [0.15, 0.2) is 54.6 Å². The van der Waals surface area contributed by atoms with Crippen molar-refractivity contribution in [2.24, 2.45) is 0 Å². The van der Waals surface area contributed by atoms with Gasteiger partial charge in [-0.2, -0.15) is 0 Å². The molecule has 0 spiro atoms. The van der Waals surface area contributed by atoms with E-state index in [1.807, 2.05) is 49.4 Å². The molecule has 3 amide bonds. The molecular formula is C26H35N3O6. The zero-order valence-electron chi connectivity index (χ0n) is 20.7. The van der Waals surface area contributed by atoms with Gasteiger partial charge in [-0.1, -0.05) is 54.6 Å². The highest BCUT2D eigenvalue weighted by Crippen LogP contribution is 2.25. The summed E-state index contributed by atoms with van der Waals surface area (Å²) < 4.78 is 5.20. The van der Waals surface area contributed by atoms with E-state index in [4.69, 9.17) is 4.74 Å². The number of rotatable bonds is 10. The van der Waals surface area contributed by atoms with E-state index in [0.717, 1.165) is 11.1 Å². The molecule has 0 aliphatic rings. The maximum atomic E-state index is 13.5. The van der Waals surface area contributed by atoms with Crippen molar-refractivity contribution in [1.82, 2.24) is 15.5 Å². The van der Waals surface area contributed by atoms with Crippen molar-refractivity contribution in [3.63, 3.8) is 0 Å². The van der Waals surface area contributed by atoms with Crippen molar-refractivity contribution in [3.05, 3.63) is 71.3 Å². The van der Waals surface area contributed by atoms with Gasteiger partial charge in [0.05, 0.1) is 13.2 Å². The first-order chi connectivity index (χ1) is 16.6. The lowest BCUT2D eigenvalue weighted by molar-refractivity contribution is -0.143. The van der Waals surface area contributed by atoms with E-state index < -0.39 is 48.8 Å². The lowest BCUT2D eigenvalue weighted by Crippen LogP contribution is -2.55. The summed E-state index contributed by atoms with van der Waals surface area (Å²) in [6, 6.07) is 14.0. The maximum Gasteiger partial charge on any atom is 0.408 e. The second kappa shape index (κ2) is 12.9. The van der Waals surface area contributed by atoms with E-state index in [-0.39, 0.29) is 13.1 Å². The van der Waals surface area contributed by atoms with Gasteiger partial charge >= 0.3 is 6.09 Å². The summed E-state index contributed by atoms with van der Waals surface area (Å²) in [6.45, 7) is 5.74. The Morgan fingerprint density at radius 1 is 1.00 bits per heavy atom. The molecule has 0 fully saturated rings. The number of alkyl carbamates (subject to hydrolysis) is 1. The van der Waals surface area contributed by atoms with Crippen molar-refractivity contribution < 1.29 is 29.3 Å². The van der Waals surface area contributed by atoms with Crippen molar-refractivity contribution in [2.45, 2.75) is 51.9 Å². The largest absolute Gasteiger partial charge is 0.444 e. The molecule has 0 aliphatic carbocycles. The summed E-state index contributed by atoms with van der Waals surface area (Å²) in [6.07, 6.45) is -0.880. The highest BCUT2D eigenvalue weighted by molar-refractivity contribution is 5.92. The fraction of sp³-hybridized carbons (Fsp3) is 0.423. The summed E-state index contributed by atoms with van der Waals surface area (Å²) in [7, 11) is 0. The summed E-state index contributed by atoms with van der Waals surface area (Å²) in [5.74, 6) is -1.19. The van der Waals surface area contributed by atoms with Crippen LogP contribution in [-0.2, 0) is 20.9 Å². The quantitative estimate of drug-likeness (QED) is 0.408. The molecule has 2 aromatic rings. The molecule has 2 atom stereocenters. The Balaban J connectivity index is 2.37. The van der Waals surface area contributed by atoms with Crippen molar-refractivity contribution in [2.75, 3.05) is 19.8 Å². The average Bonchev–Trinajstić information content (AvgIpc) is 2.81. The first-order valence-electron chi connectivity index (χ1n) is 11.5. The maximum absolute atomic E-state index is 13.5. The summed E-state index contributed by atoms with van der Waals surface area (Å²) >= 11 is 0. The fourth-order valence-electron chi connectivity index (χ4n) is 3.54. The van der Waals surface area contributed by atoms with Crippen LogP contribution in [0.5, 0.6) is 0 Å². The van der Waals surface area contributed by atoms with Crippen LogP contribution in [0.3, 0.4) is 0 Å². The fourth-order valence-corrected chi connectivity index (χ4v) is 3.54. The van der Waals surface area contributed by atoms with Gasteiger partial charge in [0.1, 0.15) is 17.7 Å². The molecule has 0 aromatic heterocycles. The Morgan fingerprint density at radius 3 is 2.20 bits per heavy atom. The second-order valence-electron chi connectivity index (χ2n) is 9.10. The van der Waals surface area contributed by atoms with Gasteiger partial charge in [0.2, 0.25) is 11.8 Å². The van der Waals surface area contributed by atoms with Crippen LogP contribution in [0.1, 0.15) is 43.5 Å². The number of amides is 3. The molecule has 190 valence electrons. The molecular weight excluding hydrogens is 450 g/mol. The number of hydrogen-bond donors (Lipinski definition) is 4. The zero-order chi connectivity index (χ0) is 26.0. The topological polar surface area (TPSA) is 128 Å². The third kappa shape index (κ3) is 8.38. The van der Waals surface area contributed by atoms with Crippen molar-refractivity contribution in [1.29, 1.82) is 0 Å². The van der Waals surface area contributed by atoms with Crippen LogP contribution in [0.4, 0.5) is 4.79 Å². The van der Waals surface area contributed by atoms with Crippen molar-refractivity contribution >= 4 is 17.9 Å². The van der Waals surface area contributed by atoms with Crippen LogP contribution in [0, 0.1) is 6.92 Å². The predicted molar refractivity (Wildman–Crippen MR) is 131 cm³/mol. The smallest absolute Gasteiger partial charge is 0.408 e. The predicted octanol–water partition coefficient (Wildman–Crippen LogP) is 2.06. The highest BCUT2D eigenvalue weighted by Gasteiger charge is 2.36. The van der Waals surface area contributed by atoms with Gasteiger partial charge in [-0.15, -0.1) is 0 Å². The zero-order valence-corrected chi connectivity index (χ0v) is 20.7. The molecule has 2 rings (SSSR count). The molecule has 2 unspecified atom stereocenters. The minimum atomic E-state index is -1.37. The third-order valence-corrected chi connectivity index (χ3v) is 5.15. The van der Waals surface area contributed by atoms with E-state index in [1.165, 1.54) is 4.90 Å². The van der Waals surface area contributed by atoms with E-state index >= 15 is 0 Å². The molecule has 0 bridgehead atoms. The van der Waals surface area contributed by atoms with Crippen molar-refractivity contribution in [3.8, 4) is 0 Å². The normalized spacial score (nSPS) is 12.9. The average molecular weight is 486 g/mol. The minimum Gasteiger partial charge on any atom is -0.444 e. The Labute approximate surface area is 206 Å². The van der Waals surface area contributed by atoms with E-state index in [9.17, 15) is 24.6 Å². The summed E-state index contributed by atoms with van der Waals surface area (Å²) in [5, 5.41) is 24.8. The highest BCUT2D eigenvalue weighted by atomic mass is 16.6. The Kier molecular flexibility index (Phi) is 10.2. The molecule has 9 heteroatoms. The number of ether oxygens (including phenoxy) is 1. The first-order valence-corrected chi connectivity index (χ1v) is 11.5. The molecule has 0 heterocycles. The van der Waals surface area contributed by atoms with Gasteiger partial charge in [-0.05, 0) is 44.4 Å². The number of aliphatic hydroxyl groups is 2. The van der Waals surface area contributed by atoms with Gasteiger partial charge in [0.25, 0.3) is 0 Å². The minimum absolute atomic E-state index is 0.191. The van der Waals surface area contributed by atoms with Gasteiger partial charge in [0.15, 0.2) is 0 Å². The number of aryl methyl sites for hydroxylation is 1. The second-order valence-corrected chi connectivity index (χ2v) is 9.10. The molecule has 9 nitrogen and oxygen atoms in total. The Hall–Kier alpha value is -3.43. The number of nitrogens with zero attached hydrogens (tertiary/aromatic N) is 1. The molecule has 2 aromatic carbocycles. The Morgan fingerprint density at radius 2 is 1.63 bits per heavy atom. The first kappa shape index (κ1) is 27.8. The lowest BCUT2D eigenvalue weighted by Gasteiger charge is -2.34. The molecule has 35 heavy (non-hydrogen) atoms. The van der Waals surface area contributed by atoms with Gasteiger partial charge < -0.3 is 30.5 Å². The number of aliphatic hydroxyl groups excluding tert-OH is 2. The van der Waals surface area contributed by atoms with Crippen LogP contribution >= 0.6 is 0 Å². The molecule has 0 radical (unpaired) electrons. The summed E-state index contributed by atoms with van der Waals surface area (Å²) in [5.41, 5.74) is 1.40. The molecule has 0 aliphatic heterocycles. The molecule has 0 saturated heterocycles. The standard InChI is InChI=1S/C26H35N3O6/c1-18-10-8-9-13-20(18)22(23(32)27-16-19-11-6-5-7-12-19)29(14-15-30)24(33)21(17-31)28-25(34)35-26(2,3)4/h5-13,21-22,30-31H,14-17H2,1-4H3,(H,27,32)(H,28,34). The monoisotopic (exact) mass is 485 g/mol. The number of carbonyl (C=O) groups is 3. The van der Waals surface area contributed by atoms with Crippen LogP contribution < -0.4 is 10.6 Å². The van der Waals surface area contributed by atoms with Gasteiger partial charge in [-0.25, -0.2) is 4.79 Å². The lowest BCUT2D eigenvalue weighted by atomic mass is 9.98. The van der Waals surface area contributed by atoms with E-state index in [0.29, 0.717) is 5.56 Å². The van der Waals surface area contributed by atoms with Crippen LogP contribution in [-0.4, -0.2) is 64.4 Å². The molecule has 4 N–H and O–H groups in total. The van der Waals surface area contributed by atoms with E-state index in [2.05, 4.69) is 10.6 Å². The van der Waals surface area contributed by atoms with Gasteiger partial charge in [0, 0.05) is 13.1 Å². The summed E-state index contributed by atoms with van der Waals surface area (Å²) in [4.78, 5) is 40.3. The Bertz CT molecular complexity index is 990. The SMILES string of the molecule is Cc1ccccc1C(C(=O)NCc1ccccc1)N(CCO)C(=O)C(CO)NC(=O)OC(C)(C)C. The number of nitrogens with one attached hydrogen (secondary N) is 2.